The quantitative estimate of drug-likeness (QED) is 0.831. The maximum atomic E-state index is 12.5. The Morgan fingerprint density at radius 3 is 2.92 bits per heavy atom. The number of nitrogens with zero attached hydrogens (tertiary/aromatic N) is 4. The number of rotatable bonds is 7. The summed E-state index contributed by atoms with van der Waals surface area (Å²) in [7, 11) is 2.05. The summed E-state index contributed by atoms with van der Waals surface area (Å²) in [5.74, 6) is 2.46. The average Bonchev–Trinajstić information content (AvgIpc) is 3.03. The number of carbonyl (C=O) groups is 1. The number of hydrogen-bond acceptors (Lipinski definition) is 4. The molecular weight excluding hydrogens is 326 g/mol. The zero-order chi connectivity index (χ0) is 18.1. The Morgan fingerprint density at radius 1 is 1.35 bits per heavy atom. The minimum Gasteiger partial charge on any atom is -0.352 e. The molecule has 2 atom stereocenters. The molecule has 0 saturated heterocycles. The summed E-state index contributed by atoms with van der Waals surface area (Å²) < 4.78 is 1.74. The minimum absolute atomic E-state index is 0.00267. The van der Waals surface area contributed by atoms with E-state index in [1.54, 1.807) is 4.68 Å². The highest BCUT2D eigenvalue weighted by Gasteiger charge is 2.51. The largest absolute Gasteiger partial charge is 0.352 e. The van der Waals surface area contributed by atoms with Crippen LogP contribution in [0.5, 0.6) is 0 Å². The number of aromatic nitrogens is 3. The van der Waals surface area contributed by atoms with E-state index in [-0.39, 0.29) is 5.91 Å². The van der Waals surface area contributed by atoms with Gasteiger partial charge in [-0.3, -0.25) is 4.79 Å². The summed E-state index contributed by atoms with van der Waals surface area (Å²) in [6.07, 6.45) is 6.00. The molecule has 2 aliphatic carbocycles. The molecule has 2 aromatic rings. The van der Waals surface area contributed by atoms with Crippen LogP contribution in [-0.4, -0.2) is 45.9 Å². The maximum absolute atomic E-state index is 12.5. The molecular formula is C20H27N5O. The fourth-order valence-electron chi connectivity index (χ4n) is 4.26. The summed E-state index contributed by atoms with van der Waals surface area (Å²) >= 11 is 0. The lowest BCUT2D eigenvalue weighted by molar-refractivity contribution is 0.0950. The van der Waals surface area contributed by atoms with E-state index in [4.69, 9.17) is 0 Å². The van der Waals surface area contributed by atoms with Crippen LogP contribution in [0, 0.1) is 17.8 Å². The minimum atomic E-state index is 0.00267. The second-order valence-corrected chi connectivity index (χ2v) is 7.67. The van der Waals surface area contributed by atoms with E-state index >= 15 is 0 Å². The molecule has 26 heavy (non-hydrogen) atoms. The van der Waals surface area contributed by atoms with Crippen molar-refractivity contribution in [3.8, 4) is 5.69 Å². The Hall–Kier alpha value is -2.21. The van der Waals surface area contributed by atoms with E-state index in [9.17, 15) is 4.79 Å². The molecule has 4 rings (SSSR count). The summed E-state index contributed by atoms with van der Waals surface area (Å²) in [6.45, 7) is 4.65. The van der Waals surface area contributed by atoms with Gasteiger partial charge in [0.2, 0.25) is 0 Å². The van der Waals surface area contributed by atoms with Crippen molar-refractivity contribution in [1.82, 2.24) is 25.2 Å². The molecule has 1 aromatic heterocycles. The molecule has 1 N–H and O–H groups in total. The number of nitrogens with one attached hydrogen (secondary N) is 1. The summed E-state index contributed by atoms with van der Waals surface area (Å²) in [5.41, 5.74) is 2.46. The van der Waals surface area contributed by atoms with Crippen LogP contribution in [0.3, 0.4) is 0 Å². The number of fused-ring (bicyclic) bond motifs is 1. The molecule has 0 spiro atoms. The number of amides is 1. The first kappa shape index (κ1) is 17.2. The van der Waals surface area contributed by atoms with Crippen LogP contribution in [0.2, 0.25) is 0 Å². The molecule has 2 fully saturated rings. The van der Waals surface area contributed by atoms with Crippen molar-refractivity contribution in [2.75, 3.05) is 20.1 Å². The van der Waals surface area contributed by atoms with Gasteiger partial charge in [-0.15, -0.1) is 5.10 Å². The first-order chi connectivity index (χ1) is 12.7. The third-order valence-electron chi connectivity index (χ3n) is 5.97. The Kier molecular flexibility index (Phi) is 4.76. The monoisotopic (exact) mass is 353 g/mol. The van der Waals surface area contributed by atoms with Crippen molar-refractivity contribution < 1.29 is 4.79 Å². The van der Waals surface area contributed by atoms with Crippen molar-refractivity contribution in [3.05, 3.63) is 41.7 Å². The first-order valence-corrected chi connectivity index (χ1v) is 9.64. The van der Waals surface area contributed by atoms with Crippen LogP contribution in [0.1, 0.15) is 42.2 Å². The van der Waals surface area contributed by atoms with Crippen LogP contribution in [-0.2, 0) is 6.54 Å². The van der Waals surface area contributed by atoms with Gasteiger partial charge in [-0.05, 0) is 62.4 Å². The Balaban J connectivity index is 1.39. The van der Waals surface area contributed by atoms with Crippen LogP contribution >= 0.6 is 0 Å². The van der Waals surface area contributed by atoms with Gasteiger partial charge in [-0.2, -0.15) is 0 Å². The van der Waals surface area contributed by atoms with Crippen LogP contribution < -0.4 is 5.32 Å². The standard InChI is InChI=1S/C20H27N5O/c1-3-24(2)12-15-13-25(23-22-15)16-7-4-6-14(10-16)20(26)21-11-19-17-8-5-9-18(17)19/h4,6-7,10,13,17-19H,3,5,8-9,11-12H2,1-2H3,(H,21,26). The summed E-state index contributed by atoms with van der Waals surface area (Å²) in [6, 6.07) is 7.58. The predicted molar refractivity (Wildman–Crippen MR) is 100 cm³/mol. The SMILES string of the molecule is CCN(C)Cc1cn(-c2cccc(C(=O)NCC3C4CCCC43)c2)nn1. The van der Waals surface area contributed by atoms with Crippen LogP contribution in [0.4, 0.5) is 0 Å². The zero-order valence-electron chi connectivity index (χ0n) is 15.6. The van der Waals surface area contributed by atoms with E-state index in [1.807, 2.05) is 30.5 Å². The second kappa shape index (κ2) is 7.19. The van der Waals surface area contributed by atoms with E-state index in [1.165, 1.54) is 19.3 Å². The van der Waals surface area contributed by atoms with Gasteiger partial charge in [0.25, 0.3) is 5.91 Å². The van der Waals surface area contributed by atoms with E-state index < -0.39 is 0 Å². The lowest BCUT2D eigenvalue weighted by Crippen LogP contribution is -2.26. The molecule has 138 valence electrons. The molecule has 2 unspecified atom stereocenters. The van der Waals surface area contributed by atoms with Crippen molar-refractivity contribution in [2.24, 2.45) is 17.8 Å². The molecule has 1 amide bonds. The highest BCUT2D eigenvalue weighted by molar-refractivity contribution is 5.94. The van der Waals surface area contributed by atoms with Crippen molar-refractivity contribution in [2.45, 2.75) is 32.7 Å². The Morgan fingerprint density at radius 2 is 2.15 bits per heavy atom. The van der Waals surface area contributed by atoms with Gasteiger partial charge in [-0.25, -0.2) is 4.68 Å². The maximum Gasteiger partial charge on any atom is 0.251 e. The van der Waals surface area contributed by atoms with E-state index in [0.29, 0.717) is 11.5 Å². The fraction of sp³-hybridized carbons (Fsp3) is 0.550. The lowest BCUT2D eigenvalue weighted by Gasteiger charge is -2.10. The number of carbonyl (C=O) groups excluding carboxylic acids is 1. The van der Waals surface area contributed by atoms with Crippen LogP contribution in [0.25, 0.3) is 5.69 Å². The van der Waals surface area contributed by atoms with Crippen molar-refractivity contribution in [3.63, 3.8) is 0 Å². The molecule has 2 saturated carbocycles. The Bertz CT molecular complexity index is 776. The van der Waals surface area contributed by atoms with Gasteiger partial charge in [-0.1, -0.05) is 24.6 Å². The average molecular weight is 353 g/mol. The molecule has 2 aliphatic rings. The summed E-state index contributed by atoms with van der Waals surface area (Å²) in [4.78, 5) is 14.7. The third-order valence-corrected chi connectivity index (χ3v) is 5.97. The molecule has 1 heterocycles. The Labute approximate surface area is 154 Å². The molecule has 6 nitrogen and oxygen atoms in total. The topological polar surface area (TPSA) is 63.1 Å². The van der Waals surface area contributed by atoms with Crippen molar-refractivity contribution in [1.29, 1.82) is 0 Å². The van der Waals surface area contributed by atoms with E-state index in [0.717, 1.165) is 42.9 Å². The number of hydrogen-bond donors (Lipinski definition) is 1. The van der Waals surface area contributed by atoms with Gasteiger partial charge in [0, 0.05) is 18.7 Å². The smallest absolute Gasteiger partial charge is 0.251 e. The van der Waals surface area contributed by atoms with E-state index in [2.05, 4.69) is 34.5 Å². The molecule has 6 heteroatoms. The van der Waals surface area contributed by atoms with Gasteiger partial charge >= 0.3 is 0 Å². The van der Waals surface area contributed by atoms with Gasteiger partial charge in [0.05, 0.1) is 17.6 Å². The predicted octanol–water partition coefficient (Wildman–Crippen LogP) is 2.49. The molecule has 0 bridgehead atoms. The third kappa shape index (κ3) is 3.51. The van der Waals surface area contributed by atoms with Gasteiger partial charge < -0.3 is 10.2 Å². The highest BCUT2D eigenvalue weighted by atomic mass is 16.1. The van der Waals surface area contributed by atoms with Crippen LogP contribution in [0.15, 0.2) is 30.5 Å². The van der Waals surface area contributed by atoms with Crippen molar-refractivity contribution >= 4 is 5.91 Å². The van der Waals surface area contributed by atoms with Gasteiger partial charge in [0.15, 0.2) is 0 Å². The number of benzene rings is 1. The van der Waals surface area contributed by atoms with Gasteiger partial charge in [0.1, 0.15) is 0 Å². The fourth-order valence-corrected chi connectivity index (χ4v) is 4.26. The molecule has 1 aromatic carbocycles. The zero-order valence-corrected chi connectivity index (χ0v) is 15.6. The molecule has 0 aliphatic heterocycles. The molecule has 0 radical (unpaired) electrons. The normalized spacial score (nSPS) is 23.9. The highest BCUT2D eigenvalue weighted by Crippen LogP contribution is 2.57. The second-order valence-electron chi connectivity index (χ2n) is 7.67. The lowest BCUT2D eigenvalue weighted by atomic mass is 10.1. The summed E-state index contributed by atoms with van der Waals surface area (Å²) in [5, 5.41) is 11.5. The first-order valence-electron chi connectivity index (χ1n) is 9.64.